The molecule has 7 heteroatoms. The van der Waals surface area contributed by atoms with Gasteiger partial charge in [-0.3, -0.25) is 4.79 Å². The summed E-state index contributed by atoms with van der Waals surface area (Å²) in [4.78, 5) is 14.8. The number of halogens is 2. The van der Waals surface area contributed by atoms with Gasteiger partial charge in [-0.25, -0.2) is 4.21 Å². The summed E-state index contributed by atoms with van der Waals surface area (Å²) in [5.41, 5.74) is 4.10. The molecule has 0 radical (unpaired) electrons. The van der Waals surface area contributed by atoms with Crippen molar-refractivity contribution < 1.29 is 9.00 Å². The van der Waals surface area contributed by atoms with Crippen molar-refractivity contribution in [3.63, 3.8) is 0 Å². The van der Waals surface area contributed by atoms with E-state index in [4.69, 9.17) is 11.6 Å². The van der Waals surface area contributed by atoms with E-state index in [-0.39, 0.29) is 0 Å². The van der Waals surface area contributed by atoms with Gasteiger partial charge in [-0.1, -0.05) is 6.07 Å². The zero-order valence-electron chi connectivity index (χ0n) is 12.7. The third-order valence-electron chi connectivity index (χ3n) is 4.02. The lowest BCUT2D eigenvalue weighted by Gasteiger charge is -2.33. The Labute approximate surface area is 155 Å². The van der Waals surface area contributed by atoms with E-state index in [1.54, 1.807) is 0 Å². The summed E-state index contributed by atoms with van der Waals surface area (Å²) >= 11 is 10.7. The smallest absolute Gasteiger partial charge is 0.161 e. The molecule has 1 aliphatic rings. The fraction of sp³-hybridized carbons (Fsp3) is 0.312. The molecule has 0 spiro atoms. The van der Waals surface area contributed by atoms with Gasteiger partial charge >= 0.3 is 0 Å². The van der Waals surface area contributed by atoms with Crippen molar-refractivity contribution in [3.8, 4) is 0 Å². The van der Waals surface area contributed by atoms with Crippen LogP contribution in [0, 0.1) is 13.8 Å². The van der Waals surface area contributed by atoms with Gasteiger partial charge in [-0.15, -0.1) is 22.9 Å². The molecule has 1 aromatic carbocycles. The van der Waals surface area contributed by atoms with Crippen molar-refractivity contribution in [1.82, 2.24) is 0 Å². The number of anilines is 2. The summed E-state index contributed by atoms with van der Waals surface area (Å²) in [7, 11) is -1.27. The Kier molecular flexibility index (Phi) is 4.97. The number of nitrogens with zero attached hydrogens (tertiary/aromatic N) is 1. The predicted molar refractivity (Wildman–Crippen MR) is 100 cm³/mol. The van der Waals surface area contributed by atoms with Crippen LogP contribution in [0.4, 0.5) is 11.4 Å². The number of thiophene rings is 1. The van der Waals surface area contributed by atoms with Gasteiger partial charge in [0.15, 0.2) is 6.29 Å². The monoisotopic (exact) mass is 431 g/mol. The lowest BCUT2D eigenvalue weighted by molar-refractivity contribution is 0.112. The molecule has 0 saturated carbocycles. The molecule has 1 aromatic heterocycles. The zero-order valence-corrected chi connectivity index (χ0v) is 16.7. The molecule has 1 aliphatic heterocycles. The highest BCUT2D eigenvalue weighted by Crippen LogP contribution is 2.51. The summed E-state index contributed by atoms with van der Waals surface area (Å²) in [6, 6.07) is 3.93. The van der Waals surface area contributed by atoms with Gasteiger partial charge in [-0.05, 0) is 53.4 Å². The molecule has 0 bridgehead atoms. The van der Waals surface area contributed by atoms with Crippen LogP contribution in [0.2, 0.25) is 0 Å². The van der Waals surface area contributed by atoms with Gasteiger partial charge in [0.25, 0.3) is 0 Å². The van der Waals surface area contributed by atoms with Gasteiger partial charge < -0.3 is 4.90 Å². The standard InChI is InChI=1S/C16H15BrClNO2S2/c1-9-4-5-12-14(10(9)2)19(7-3-6-18)15-13(17)11(8-20)22-16(15)23(12)21/h4-5,8H,3,6-7H2,1-2H3. The van der Waals surface area contributed by atoms with Crippen LogP contribution in [-0.2, 0) is 10.8 Å². The molecule has 0 aliphatic carbocycles. The summed E-state index contributed by atoms with van der Waals surface area (Å²) < 4.78 is 14.5. The summed E-state index contributed by atoms with van der Waals surface area (Å²) in [5.74, 6) is 0.553. The van der Waals surface area contributed by atoms with E-state index in [2.05, 4.69) is 20.8 Å². The average Bonchev–Trinajstić information content (AvgIpc) is 2.88. The number of rotatable bonds is 4. The van der Waals surface area contributed by atoms with Crippen molar-refractivity contribution in [2.45, 2.75) is 29.4 Å². The van der Waals surface area contributed by atoms with E-state index in [0.29, 0.717) is 10.8 Å². The van der Waals surface area contributed by atoms with E-state index >= 15 is 0 Å². The van der Waals surface area contributed by atoms with Gasteiger partial charge in [-0.2, -0.15) is 0 Å². The number of aryl methyl sites for hydroxylation is 1. The van der Waals surface area contributed by atoms with E-state index in [0.717, 1.165) is 55.3 Å². The molecule has 0 N–H and O–H groups in total. The first-order valence-electron chi connectivity index (χ1n) is 7.14. The van der Waals surface area contributed by atoms with Gasteiger partial charge in [0.05, 0.1) is 36.4 Å². The van der Waals surface area contributed by atoms with Gasteiger partial charge in [0, 0.05) is 12.4 Å². The maximum atomic E-state index is 13.0. The Bertz CT molecular complexity index is 819. The first-order chi connectivity index (χ1) is 11.0. The van der Waals surface area contributed by atoms with Crippen LogP contribution in [0.25, 0.3) is 0 Å². The molecular weight excluding hydrogens is 418 g/mol. The number of hydrogen-bond acceptors (Lipinski definition) is 4. The van der Waals surface area contributed by atoms with Crippen LogP contribution in [0.1, 0.15) is 27.2 Å². The van der Waals surface area contributed by atoms with Crippen LogP contribution in [0.15, 0.2) is 25.7 Å². The molecule has 0 amide bonds. The molecule has 3 rings (SSSR count). The second-order valence-electron chi connectivity index (χ2n) is 5.35. The van der Waals surface area contributed by atoms with E-state index < -0.39 is 10.8 Å². The molecule has 0 fully saturated rings. The Hall–Kier alpha value is -0.690. The second-order valence-corrected chi connectivity index (χ2v) is 9.22. The number of hydrogen-bond donors (Lipinski definition) is 0. The highest BCUT2D eigenvalue weighted by atomic mass is 79.9. The SMILES string of the molecule is Cc1ccc2c(c1C)N(CCCCl)c1c(sc(C=O)c1Br)S2=O. The number of benzene rings is 1. The highest BCUT2D eigenvalue weighted by molar-refractivity contribution is 9.10. The number of fused-ring (bicyclic) bond motifs is 2. The summed E-state index contributed by atoms with van der Waals surface area (Å²) in [6.07, 6.45) is 1.62. The third kappa shape index (κ3) is 2.69. The Morgan fingerprint density at radius 2 is 2.09 bits per heavy atom. The number of aldehydes is 1. The molecule has 122 valence electrons. The third-order valence-corrected chi connectivity index (χ3v) is 8.21. The molecule has 0 saturated heterocycles. The summed E-state index contributed by atoms with van der Waals surface area (Å²) in [5, 5.41) is 0. The predicted octanol–water partition coefficient (Wildman–Crippen LogP) is 5.19. The molecule has 1 unspecified atom stereocenters. The van der Waals surface area contributed by atoms with Crippen molar-refractivity contribution in [2.75, 3.05) is 17.3 Å². The fourth-order valence-electron chi connectivity index (χ4n) is 2.74. The van der Waals surface area contributed by atoms with Crippen molar-refractivity contribution >= 4 is 67.3 Å². The molecule has 2 aromatic rings. The van der Waals surface area contributed by atoms with Crippen molar-refractivity contribution in [2.24, 2.45) is 0 Å². The van der Waals surface area contributed by atoms with E-state index in [9.17, 15) is 9.00 Å². The molecular formula is C16H15BrClNO2S2. The van der Waals surface area contributed by atoms with Crippen LogP contribution in [0.3, 0.4) is 0 Å². The molecule has 23 heavy (non-hydrogen) atoms. The van der Waals surface area contributed by atoms with Crippen LogP contribution < -0.4 is 4.90 Å². The summed E-state index contributed by atoms with van der Waals surface area (Å²) in [6.45, 7) is 4.82. The minimum atomic E-state index is -1.27. The fourth-order valence-corrected chi connectivity index (χ4v) is 6.68. The lowest BCUT2D eigenvalue weighted by Crippen LogP contribution is -2.26. The second kappa shape index (κ2) is 6.67. The Morgan fingerprint density at radius 3 is 2.74 bits per heavy atom. The Balaban J connectivity index is 2.29. The highest BCUT2D eigenvalue weighted by Gasteiger charge is 2.34. The van der Waals surface area contributed by atoms with Gasteiger partial charge in [0.1, 0.15) is 4.21 Å². The quantitative estimate of drug-likeness (QED) is 0.493. The van der Waals surface area contributed by atoms with Crippen molar-refractivity contribution in [3.05, 3.63) is 32.6 Å². The largest absolute Gasteiger partial charge is 0.338 e. The molecule has 1 atom stereocenters. The lowest BCUT2D eigenvalue weighted by atomic mass is 10.1. The average molecular weight is 433 g/mol. The van der Waals surface area contributed by atoms with Crippen LogP contribution in [-0.4, -0.2) is 22.9 Å². The molecule has 2 heterocycles. The van der Waals surface area contributed by atoms with Crippen LogP contribution >= 0.6 is 38.9 Å². The number of alkyl halides is 1. The van der Waals surface area contributed by atoms with Crippen molar-refractivity contribution in [1.29, 1.82) is 0 Å². The van der Waals surface area contributed by atoms with Crippen LogP contribution in [0.5, 0.6) is 0 Å². The van der Waals surface area contributed by atoms with E-state index in [1.807, 2.05) is 26.0 Å². The normalized spacial score (nSPS) is 16.2. The Morgan fingerprint density at radius 1 is 1.35 bits per heavy atom. The van der Waals surface area contributed by atoms with E-state index in [1.165, 1.54) is 11.3 Å². The topological polar surface area (TPSA) is 37.4 Å². The zero-order chi connectivity index (χ0) is 16.7. The maximum Gasteiger partial charge on any atom is 0.161 e. The number of carbonyl (C=O) groups is 1. The first-order valence-corrected chi connectivity index (χ1v) is 10.4. The minimum absolute atomic E-state index is 0.553. The number of carbonyl (C=O) groups excluding carboxylic acids is 1. The minimum Gasteiger partial charge on any atom is -0.338 e. The van der Waals surface area contributed by atoms with Gasteiger partial charge in [0.2, 0.25) is 0 Å². The maximum absolute atomic E-state index is 13.0. The first kappa shape index (κ1) is 17.1. The molecule has 3 nitrogen and oxygen atoms in total.